The molecule has 0 aliphatic rings. The van der Waals surface area contributed by atoms with Crippen LogP contribution in [0.25, 0.3) is 0 Å². The van der Waals surface area contributed by atoms with Crippen molar-refractivity contribution in [3.63, 3.8) is 0 Å². The molecule has 2 N–H and O–H groups in total. The zero-order valence-corrected chi connectivity index (χ0v) is 12.9. The van der Waals surface area contributed by atoms with Gasteiger partial charge in [-0.05, 0) is 12.1 Å². The average Bonchev–Trinajstić information content (AvgIpc) is 2.95. The number of hydrogen-bond acceptors (Lipinski definition) is 6. The molecule has 2 aromatic rings. The number of carbonyl (C=O) groups excluding carboxylic acids is 1. The number of aromatic nitrogens is 3. The molecule has 0 atom stereocenters. The summed E-state index contributed by atoms with van der Waals surface area (Å²) in [6, 6.07) is 5.66. The number of aromatic amines is 1. The third-order valence-corrected chi connectivity index (χ3v) is 3.57. The number of non-ortho nitro benzene ring substituents is 1. The van der Waals surface area contributed by atoms with Crippen LogP contribution >= 0.6 is 11.8 Å². The highest BCUT2D eigenvalue weighted by Crippen LogP contribution is 2.18. The smallest absolute Gasteiger partial charge is 0.269 e. The van der Waals surface area contributed by atoms with Crippen molar-refractivity contribution in [2.45, 2.75) is 24.9 Å². The van der Waals surface area contributed by atoms with Crippen LogP contribution in [0.4, 0.5) is 11.4 Å². The van der Waals surface area contributed by atoms with Gasteiger partial charge in [0.05, 0.1) is 10.7 Å². The molecule has 0 aliphatic heterocycles. The van der Waals surface area contributed by atoms with E-state index in [0.29, 0.717) is 10.8 Å². The highest BCUT2D eigenvalue weighted by atomic mass is 32.2. The van der Waals surface area contributed by atoms with E-state index < -0.39 is 4.92 Å². The van der Waals surface area contributed by atoms with E-state index in [1.807, 2.05) is 13.8 Å². The number of carbonyl (C=O) groups is 1. The zero-order chi connectivity index (χ0) is 16.1. The third kappa shape index (κ3) is 4.29. The lowest BCUT2D eigenvalue weighted by Crippen LogP contribution is -2.14. The number of nitro groups is 1. The molecule has 0 unspecified atom stereocenters. The molecule has 1 aromatic heterocycles. The molecule has 9 heteroatoms. The molecule has 22 heavy (non-hydrogen) atoms. The van der Waals surface area contributed by atoms with Crippen LogP contribution in [0.2, 0.25) is 0 Å². The highest BCUT2D eigenvalue weighted by molar-refractivity contribution is 7.99. The van der Waals surface area contributed by atoms with Gasteiger partial charge in [0.1, 0.15) is 5.82 Å². The van der Waals surface area contributed by atoms with Crippen LogP contribution in [0.1, 0.15) is 25.6 Å². The van der Waals surface area contributed by atoms with Gasteiger partial charge >= 0.3 is 0 Å². The van der Waals surface area contributed by atoms with Crippen molar-refractivity contribution >= 4 is 29.0 Å². The van der Waals surface area contributed by atoms with Gasteiger partial charge in [-0.1, -0.05) is 25.6 Å². The Morgan fingerprint density at radius 1 is 1.41 bits per heavy atom. The van der Waals surface area contributed by atoms with E-state index in [0.717, 1.165) is 5.82 Å². The Labute approximate surface area is 130 Å². The fourth-order valence-electron chi connectivity index (χ4n) is 1.57. The summed E-state index contributed by atoms with van der Waals surface area (Å²) < 4.78 is 0. The largest absolute Gasteiger partial charge is 0.325 e. The van der Waals surface area contributed by atoms with Crippen LogP contribution in [-0.2, 0) is 4.79 Å². The van der Waals surface area contributed by atoms with Crippen LogP contribution in [0.15, 0.2) is 29.4 Å². The van der Waals surface area contributed by atoms with E-state index in [2.05, 4.69) is 20.5 Å². The van der Waals surface area contributed by atoms with Crippen LogP contribution in [0.5, 0.6) is 0 Å². The van der Waals surface area contributed by atoms with Gasteiger partial charge in [0, 0.05) is 23.7 Å². The second kappa shape index (κ2) is 7.03. The van der Waals surface area contributed by atoms with E-state index in [9.17, 15) is 14.9 Å². The van der Waals surface area contributed by atoms with Crippen LogP contribution in [-0.4, -0.2) is 31.8 Å². The van der Waals surface area contributed by atoms with Crippen molar-refractivity contribution in [2.75, 3.05) is 11.1 Å². The first-order chi connectivity index (χ1) is 10.5. The summed E-state index contributed by atoms with van der Waals surface area (Å²) >= 11 is 1.22. The maximum Gasteiger partial charge on any atom is 0.269 e. The van der Waals surface area contributed by atoms with Gasteiger partial charge in [0.2, 0.25) is 11.1 Å². The molecular weight excluding hydrogens is 306 g/mol. The minimum atomic E-state index is -0.489. The first kappa shape index (κ1) is 16.0. The Bertz CT molecular complexity index is 669. The van der Waals surface area contributed by atoms with E-state index in [-0.39, 0.29) is 23.3 Å². The van der Waals surface area contributed by atoms with Crippen LogP contribution in [0.3, 0.4) is 0 Å². The molecule has 0 spiro atoms. The van der Waals surface area contributed by atoms with Crippen LogP contribution < -0.4 is 5.32 Å². The molecule has 0 bridgehead atoms. The summed E-state index contributed by atoms with van der Waals surface area (Å²) in [5.41, 5.74) is 0.489. The van der Waals surface area contributed by atoms with Gasteiger partial charge in [0.25, 0.3) is 5.69 Å². The van der Waals surface area contributed by atoms with Crippen molar-refractivity contribution in [3.8, 4) is 0 Å². The number of thioether (sulfide) groups is 1. The van der Waals surface area contributed by atoms with Gasteiger partial charge in [-0.3, -0.25) is 20.0 Å². The Kier molecular flexibility index (Phi) is 5.10. The number of nitrogens with one attached hydrogen (secondary N) is 2. The molecule has 1 heterocycles. The zero-order valence-electron chi connectivity index (χ0n) is 12.1. The molecule has 0 saturated heterocycles. The number of H-pyrrole nitrogens is 1. The van der Waals surface area contributed by atoms with Crippen molar-refractivity contribution in [3.05, 3.63) is 40.2 Å². The molecule has 0 radical (unpaired) electrons. The number of nitrogens with zero attached hydrogens (tertiary/aromatic N) is 3. The Hall–Kier alpha value is -2.42. The predicted molar refractivity (Wildman–Crippen MR) is 82.9 cm³/mol. The molecule has 8 nitrogen and oxygen atoms in total. The molecule has 2 rings (SSSR count). The summed E-state index contributed by atoms with van der Waals surface area (Å²) in [5.74, 6) is 0.954. The maximum atomic E-state index is 11.8. The molecule has 116 valence electrons. The van der Waals surface area contributed by atoms with E-state index in [1.54, 1.807) is 0 Å². The Morgan fingerprint density at radius 3 is 2.64 bits per heavy atom. The number of hydrogen-bond donors (Lipinski definition) is 2. The minimum absolute atomic E-state index is 0.0192. The minimum Gasteiger partial charge on any atom is -0.325 e. The van der Waals surface area contributed by atoms with Gasteiger partial charge in [0.15, 0.2) is 0 Å². The van der Waals surface area contributed by atoms with E-state index >= 15 is 0 Å². The fourth-order valence-corrected chi connectivity index (χ4v) is 2.18. The van der Waals surface area contributed by atoms with Gasteiger partial charge in [-0.2, -0.15) is 0 Å². The number of anilines is 1. The number of amides is 1. The molecule has 0 aliphatic carbocycles. The monoisotopic (exact) mass is 321 g/mol. The maximum absolute atomic E-state index is 11.8. The predicted octanol–water partition coefficient (Wildman–Crippen LogP) is 2.57. The molecule has 0 saturated carbocycles. The summed E-state index contributed by atoms with van der Waals surface area (Å²) in [6.45, 7) is 3.99. The van der Waals surface area contributed by atoms with Crippen molar-refractivity contribution in [2.24, 2.45) is 0 Å². The number of benzene rings is 1. The summed E-state index contributed by atoms with van der Waals surface area (Å²) in [4.78, 5) is 26.1. The molecule has 1 aromatic carbocycles. The lowest BCUT2D eigenvalue weighted by molar-refractivity contribution is -0.384. The lowest BCUT2D eigenvalue weighted by atomic mass is 10.2. The van der Waals surface area contributed by atoms with Gasteiger partial charge in [-0.25, -0.2) is 4.98 Å². The van der Waals surface area contributed by atoms with Gasteiger partial charge in [-0.15, -0.1) is 5.10 Å². The number of nitro benzene ring substituents is 1. The lowest BCUT2D eigenvalue weighted by Gasteiger charge is -2.03. The second-order valence-corrected chi connectivity index (χ2v) is 5.74. The molecular formula is C13H15N5O3S. The van der Waals surface area contributed by atoms with Gasteiger partial charge < -0.3 is 5.32 Å². The third-order valence-electron chi connectivity index (χ3n) is 2.72. The number of rotatable bonds is 6. The standard InChI is InChI=1S/C13H15N5O3S/c1-8(2)12-15-13(17-16-12)22-7-11(19)14-9-3-5-10(6-4-9)18(20)21/h3-6,8H,7H2,1-2H3,(H,14,19)(H,15,16,17). The first-order valence-electron chi connectivity index (χ1n) is 6.55. The average molecular weight is 321 g/mol. The van der Waals surface area contributed by atoms with Crippen molar-refractivity contribution < 1.29 is 9.72 Å². The SMILES string of the molecule is CC(C)c1nc(SCC(=O)Nc2ccc([N+](=O)[O-])cc2)n[nH]1. The van der Waals surface area contributed by atoms with E-state index in [4.69, 9.17) is 0 Å². The molecule has 0 fully saturated rings. The quantitative estimate of drug-likeness (QED) is 0.480. The highest BCUT2D eigenvalue weighted by Gasteiger charge is 2.10. The fraction of sp³-hybridized carbons (Fsp3) is 0.308. The Balaban J connectivity index is 1.85. The van der Waals surface area contributed by atoms with E-state index in [1.165, 1.54) is 36.0 Å². The normalized spacial score (nSPS) is 10.7. The summed E-state index contributed by atoms with van der Waals surface area (Å²) in [5, 5.41) is 20.6. The van der Waals surface area contributed by atoms with Crippen molar-refractivity contribution in [1.29, 1.82) is 0 Å². The topological polar surface area (TPSA) is 114 Å². The van der Waals surface area contributed by atoms with Crippen LogP contribution in [0, 0.1) is 10.1 Å². The first-order valence-corrected chi connectivity index (χ1v) is 7.53. The Morgan fingerprint density at radius 2 is 2.09 bits per heavy atom. The summed E-state index contributed by atoms with van der Waals surface area (Å²) in [7, 11) is 0. The summed E-state index contributed by atoms with van der Waals surface area (Å²) in [6.07, 6.45) is 0. The molecule has 1 amide bonds. The van der Waals surface area contributed by atoms with Crippen molar-refractivity contribution in [1.82, 2.24) is 15.2 Å². The second-order valence-electron chi connectivity index (χ2n) is 4.80.